The second kappa shape index (κ2) is 7.26. The van der Waals surface area contributed by atoms with Gasteiger partial charge in [-0.3, -0.25) is 4.79 Å². The molecule has 2 unspecified atom stereocenters. The Labute approximate surface area is 120 Å². The van der Waals surface area contributed by atoms with Crippen LogP contribution in [0.3, 0.4) is 0 Å². The number of methoxy groups -OCH3 is 1. The van der Waals surface area contributed by atoms with Crippen molar-refractivity contribution in [3.63, 3.8) is 0 Å². The summed E-state index contributed by atoms with van der Waals surface area (Å²) in [5.74, 6) is 0.224. The van der Waals surface area contributed by atoms with Crippen molar-refractivity contribution >= 4 is 5.91 Å². The highest BCUT2D eigenvalue weighted by Crippen LogP contribution is 2.18. The molecule has 0 radical (unpaired) electrons. The molecule has 112 valence electrons. The molecule has 1 aromatic rings. The zero-order valence-corrected chi connectivity index (χ0v) is 12.4. The summed E-state index contributed by atoms with van der Waals surface area (Å²) in [7, 11) is 1.68. The molecule has 0 heterocycles. The van der Waals surface area contributed by atoms with E-state index < -0.39 is 11.4 Å². The van der Waals surface area contributed by atoms with E-state index in [1.54, 1.807) is 14.0 Å². The van der Waals surface area contributed by atoms with Crippen molar-refractivity contribution in [2.45, 2.75) is 38.3 Å². The molecule has 0 spiro atoms. The Bertz CT molecular complexity index is 429. The zero-order chi connectivity index (χ0) is 15.2. The first-order chi connectivity index (χ1) is 9.35. The molecule has 0 bridgehead atoms. The molecular formula is C15H24N2O3. The molecular weight excluding hydrogens is 256 g/mol. The zero-order valence-electron chi connectivity index (χ0n) is 12.4. The van der Waals surface area contributed by atoms with Gasteiger partial charge in [0.1, 0.15) is 5.75 Å². The summed E-state index contributed by atoms with van der Waals surface area (Å²) in [5, 5.41) is 0. The van der Waals surface area contributed by atoms with Crippen LogP contribution in [0.4, 0.5) is 0 Å². The largest absolute Gasteiger partial charge is 0.491 e. The average Bonchev–Trinajstić information content (AvgIpc) is 2.37. The minimum absolute atomic E-state index is 0.192. The van der Waals surface area contributed by atoms with E-state index in [1.165, 1.54) is 5.56 Å². The highest BCUT2D eigenvalue weighted by Gasteiger charge is 2.28. The topological polar surface area (TPSA) is 87.6 Å². The fourth-order valence-corrected chi connectivity index (χ4v) is 1.93. The maximum Gasteiger partial charge on any atom is 0.237 e. The maximum atomic E-state index is 11.2. The second-order valence-electron chi connectivity index (χ2n) is 5.30. The van der Waals surface area contributed by atoms with E-state index in [4.69, 9.17) is 20.9 Å². The van der Waals surface area contributed by atoms with Crippen molar-refractivity contribution in [1.29, 1.82) is 0 Å². The number of hydrogen-bond donors (Lipinski definition) is 2. The summed E-state index contributed by atoms with van der Waals surface area (Å²) in [6, 6.07) is 7.80. The molecule has 1 rings (SSSR count). The molecule has 0 saturated heterocycles. The average molecular weight is 280 g/mol. The lowest BCUT2D eigenvalue weighted by atomic mass is 9.95. The van der Waals surface area contributed by atoms with Crippen LogP contribution >= 0.6 is 0 Å². The van der Waals surface area contributed by atoms with Gasteiger partial charge in [-0.25, -0.2) is 0 Å². The van der Waals surface area contributed by atoms with Crippen LogP contribution in [0.15, 0.2) is 24.3 Å². The van der Waals surface area contributed by atoms with Crippen molar-refractivity contribution in [2.75, 3.05) is 13.7 Å². The first-order valence-electron chi connectivity index (χ1n) is 6.68. The maximum absolute atomic E-state index is 11.2. The van der Waals surface area contributed by atoms with Crippen LogP contribution in [0.1, 0.15) is 25.8 Å². The number of carbonyl (C=O) groups is 1. The van der Waals surface area contributed by atoms with Crippen LogP contribution in [-0.2, 0) is 16.0 Å². The third-order valence-electron chi connectivity index (χ3n) is 3.13. The van der Waals surface area contributed by atoms with Crippen molar-refractivity contribution in [1.82, 2.24) is 0 Å². The molecule has 0 fully saturated rings. The number of nitrogens with two attached hydrogens (primary N) is 2. The number of hydrogen-bond acceptors (Lipinski definition) is 4. The first-order valence-corrected chi connectivity index (χ1v) is 6.68. The molecule has 5 heteroatoms. The van der Waals surface area contributed by atoms with E-state index >= 15 is 0 Å². The Hall–Kier alpha value is -1.59. The van der Waals surface area contributed by atoms with Crippen LogP contribution < -0.4 is 16.2 Å². The van der Waals surface area contributed by atoms with Gasteiger partial charge in [0.2, 0.25) is 5.91 Å². The minimum atomic E-state index is -1.06. The van der Waals surface area contributed by atoms with E-state index in [9.17, 15) is 4.79 Å². The summed E-state index contributed by atoms with van der Waals surface area (Å²) in [6.07, 6.45) is 1.05. The van der Waals surface area contributed by atoms with Crippen LogP contribution in [0.5, 0.6) is 5.75 Å². The van der Waals surface area contributed by atoms with Crippen molar-refractivity contribution < 1.29 is 14.3 Å². The quantitative estimate of drug-likeness (QED) is 0.750. The lowest BCUT2D eigenvalue weighted by molar-refractivity contribution is -0.123. The number of carbonyl (C=O) groups excluding carboxylic acids is 1. The molecule has 4 N–H and O–H groups in total. The van der Waals surface area contributed by atoms with Gasteiger partial charge < -0.3 is 20.9 Å². The lowest BCUT2D eigenvalue weighted by Crippen LogP contribution is -2.51. The van der Waals surface area contributed by atoms with Gasteiger partial charge in [-0.2, -0.15) is 0 Å². The predicted octanol–water partition coefficient (Wildman–Crippen LogP) is 1.24. The van der Waals surface area contributed by atoms with Gasteiger partial charge in [0.05, 0.1) is 18.2 Å². The third-order valence-corrected chi connectivity index (χ3v) is 3.13. The Morgan fingerprint density at radius 2 is 1.95 bits per heavy atom. The summed E-state index contributed by atoms with van der Waals surface area (Å²) in [4.78, 5) is 11.2. The van der Waals surface area contributed by atoms with Gasteiger partial charge in [-0.05, 0) is 38.0 Å². The molecule has 0 aliphatic rings. The van der Waals surface area contributed by atoms with Crippen LogP contribution in [0.2, 0.25) is 0 Å². The molecule has 0 aliphatic heterocycles. The normalized spacial score (nSPS) is 15.4. The van der Waals surface area contributed by atoms with E-state index in [0.29, 0.717) is 13.0 Å². The molecule has 1 amide bonds. The van der Waals surface area contributed by atoms with Crippen molar-refractivity contribution in [3.05, 3.63) is 29.8 Å². The van der Waals surface area contributed by atoms with E-state index in [-0.39, 0.29) is 6.10 Å². The van der Waals surface area contributed by atoms with Crippen LogP contribution in [0, 0.1) is 0 Å². The number of primary amides is 1. The Kier molecular flexibility index (Phi) is 5.98. The first kappa shape index (κ1) is 16.5. The van der Waals surface area contributed by atoms with Crippen molar-refractivity contribution in [3.8, 4) is 5.75 Å². The molecule has 5 nitrogen and oxygen atoms in total. The number of ether oxygens (including phenoxy) is 2. The molecule has 20 heavy (non-hydrogen) atoms. The van der Waals surface area contributed by atoms with Crippen molar-refractivity contribution in [2.24, 2.45) is 11.5 Å². The summed E-state index contributed by atoms with van der Waals surface area (Å²) in [5.41, 5.74) is 11.2. The van der Waals surface area contributed by atoms with Gasteiger partial charge in [-0.15, -0.1) is 0 Å². The fraction of sp³-hybridized carbons (Fsp3) is 0.533. The smallest absolute Gasteiger partial charge is 0.237 e. The van der Waals surface area contributed by atoms with Gasteiger partial charge in [0.25, 0.3) is 0 Å². The molecule has 2 atom stereocenters. The van der Waals surface area contributed by atoms with Gasteiger partial charge in [-0.1, -0.05) is 12.1 Å². The van der Waals surface area contributed by atoms with E-state index in [2.05, 4.69) is 0 Å². The highest BCUT2D eigenvalue weighted by molar-refractivity contribution is 5.83. The molecule has 1 aromatic carbocycles. The highest BCUT2D eigenvalue weighted by atomic mass is 16.5. The SMILES string of the molecule is COCCc1ccc(OC(C)CC(C)(N)C(N)=O)cc1. The van der Waals surface area contributed by atoms with E-state index in [0.717, 1.165) is 12.2 Å². The fourth-order valence-electron chi connectivity index (χ4n) is 1.93. The van der Waals surface area contributed by atoms with Crippen LogP contribution in [-0.4, -0.2) is 31.3 Å². The third kappa shape index (κ3) is 5.19. The Balaban J connectivity index is 2.54. The number of rotatable bonds is 8. The lowest BCUT2D eigenvalue weighted by Gasteiger charge is -2.25. The summed E-state index contributed by atoms with van der Waals surface area (Å²) >= 11 is 0. The second-order valence-corrected chi connectivity index (χ2v) is 5.30. The number of benzene rings is 1. The monoisotopic (exact) mass is 280 g/mol. The minimum Gasteiger partial charge on any atom is -0.491 e. The molecule has 0 aliphatic carbocycles. The van der Waals surface area contributed by atoms with E-state index in [1.807, 2.05) is 31.2 Å². The summed E-state index contributed by atoms with van der Waals surface area (Å²) in [6.45, 7) is 4.18. The van der Waals surface area contributed by atoms with Gasteiger partial charge >= 0.3 is 0 Å². The van der Waals surface area contributed by atoms with Crippen LogP contribution in [0.25, 0.3) is 0 Å². The Morgan fingerprint density at radius 3 is 2.45 bits per heavy atom. The Morgan fingerprint density at radius 1 is 1.35 bits per heavy atom. The molecule has 0 aromatic heterocycles. The summed E-state index contributed by atoms with van der Waals surface area (Å²) < 4.78 is 10.8. The number of amides is 1. The van der Waals surface area contributed by atoms with Gasteiger partial charge in [0.15, 0.2) is 0 Å². The van der Waals surface area contributed by atoms with Gasteiger partial charge in [0, 0.05) is 13.5 Å². The predicted molar refractivity (Wildman–Crippen MR) is 78.5 cm³/mol. The standard InChI is InChI=1S/C15H24N2O3/c1-11(10-15(2,17)14(16)18)20-13-6-4-12(5-7-13)8-9-19-3/h4-7,11H,8-10,17H2,1-3H3,(H2,16,18). The molecule has 0 saturated carbocycles.